The van der Waals surface area contributed by atoms with E-state index in [0.717, 1.165) is 18.3 Å². The fourth-order valence-corrected chi connectivity index (χ4v) is 2.95. The molecule has 2 heterocycles. The number of phenolic OH excluding ortho intramolecular Hbond substituents is 1. The van der Waals surface area contributed by atoms with Crippen LogP contribution in [0.2, 0.25) is 0 Å². The number of rotatable bonds is 3. The molecule has 3 rings (SSSR count). The Labute approximate surface area is 148 Å². The molecular weight excluding hydrogens is 347 g/mol. The van der Waals surface area contributed by atoms with Crippen molar-refractivity contribution < 1.29 is 23.1 Å². The number of halogens is 3. The maximum atomic E-state index is 12.8. The molecule has 5 nitrogen and oxygen atoms in total. The highest BCUT2D eigenvalue weighted by molar-refractivity contribution is 5.94. The fraction of sp³-hybridized carbons (Fsp3) is 0.333. The monoisotopic (exact) mass is 365 g/mol. The largest absolute Gasteiger partial charge is 0.506 e. The van der Waals surface area contributed by atoms with Gasteiger partial charge in [-0.1, -0.05) is 12.1 Å². The summed E-state index contributed by atoms with van der Waals surface area (Å²) in [5.41, 5.74) is -0.388. The van der Waals surface area contributed by atoms with Gasteiger partial charge in [0, 0.05) is 25.2 Å². The van der Waals surface area contributed by atoms with Crippen LogP contribution in [0, 0.1) is 5.92 Å². The minimum atomic E-state index is -4.41. The number of aromatic nitrogens is 1. The number of aromatic hydroxyl groups is 1. The summed E-state index contributed by atoms with van der Waals surface area (Å²) in [7, 11) is 0. The van der Waals surface area contributed by atoms with Gasteiger partial charge in [-0.3, -0.25) is 4.79 Å². The smallest absolute Gasteiger partial charge is 0.416 e. The molecule has 0 radical (unpaired) electrons. The second kappa shape index (κ2) is 7.23. The van der Waals surface area contributed by atoms with Gasteiger partial charge in [0.15, 0.2) is 0 Å². The second-order valence-corrected chi connectivity index (χ2v) is 6.17. The average Bonchev–Trinajstić information content (AvgIpc) is 2.63. The third-order valence-corrected chi connectivity index (χ3v) is 4.42. The Bertz CT molecular complexity index is 787. The molecule has 0 unspecified atom stereocenters. The van der Waals surface area contributed by atoms with Gasteiger partial charge in [-0.2, -0.15) is 13.2 Å². The number of hydrogen-bond acceptors (Lipinski definition) is 4. The minimum absolute atomic E-state index is 0.00792. The zero-order valence-electron chi connectivity index (χ0n) is 13.8. The number of anilines is 2. The van der Waals surface area contributed by atoms with E-state index in [0.29, 0.717) is 31.6 Å². The number of phenols is 1. The van der Waals surface area contributed by atoms with E-state index < -0.39 is 11.7 Å². The van der Waals surface area contributed by atoms with Gasteiger partial charge in [-0.05, 0) is 37.1 Å². The average molecular weight is 365 g/mol. The first-order valence-electron chi connectivity index (χ1n) is 8.21. The molecular formula is C18H18F3N3O2. The summed E-state index contributed by atoms with van der Waals surface area (Å²) in [5, 5.41) is 12.4. The molecule has 1 amide bonds. The quantitative estimate of drug-likeness (QED) is 0.815. The van der Waals surface area contributed by atoms with Crippen molar-refractivity contribution in [1.82, 2.24) is 4.98 Å². The van der Waals surface area contributed by atoms with Crippen molar-refractivity contribution in [2.45, 2.75) is 19.0 Å². The molecule has 138 valence electrons. The summed E-state index contributed by atoms with van der Waals surface area (Å²) in [6.45, 7) is 0.875. The van der Waals surface area contributed by atoms with E-state index in [-0.39, 0.29) is 23.4 Å². The number of pyridine rings is 1. The number of amides is 1. The SMILES string of the molecule is O=C(Nc1ccccc1O)C1CCN(c2cc(C(F)(F)F)ccn2)CC1. The molecule has 2 aromatic rings. The van der Waals surface area contributed by atoms with E-state index in [9.17, 15) is 23.1 Å². The molecule has 8 heteroatoms. The van der Waals surface area contributed by atoms with Crippen LogP contribution in [0.4, 0.5) is 24.7 Å². The second-order valence-electron chi connectivity index (χ2n) is 6.17. The lowest BCUT2D eigenvalue weighted by atomic mass is 9.95. The molecule has 0 aliphatic carbocycles. The summed E-state index contributed by atoms with van der Waals surface area (Å²) in [6.07, 6.45) is -2.27. The normalized spacial score (nSPS) is 15.7. The van der Waals surface area contributed by atoms with Crippen molar-refractivity contribution in [3.8, 4) is 5.75 Å². The van der Waals surface area contributed by atoms with Crippen molar-refractivity contribution in [3.63, 3.8) is 0 Å². The molecule has 1 saturated heterocycles. The molecule has 1 aromatic carbocycles. The Hall–Kier alpha value is -2.77. The Balaban J connectivity index is 1.61. The number of para-hydroxylation sites is 2. The molecule has 0 saturated carbocycles. The van der Waals surface area contributed by atoms with E-state index in [2.05, 4.69) is 10.3 Å². The van der Waals surface area contributed by atoms with Crippen LogP contribution in [0.1, 0.15) is 18.4 Å². The van der Waals surface area contributed by atoms with Crippen LogP contribution in [0.15, 0.2) is 42.6 Å². The van der Waals surface area contributed by atoms with Gasteiger partial charge in [0.25, 0.3) is 0 Å². The van der Waals surface area contributed by atoms with E-state index in [1.165, 1.54) is 6.07 Å². The molecule has 0 atom stereocenters. The third-order valence-electron chi connectivity index (χ3n) is 4.42. The van der Waals surface area contributed by atoms with Crippen molar-refractivity contribution in [2.75, 3.05) is 23.3 Å². The summed E-state index contributed by atoms with van der Waals surface area (Å²) in [6, 6.07) is 8.42. The van der Waals surface area contributed by atoms with Crippen LogP contribution in [0.25, 0.3) is 0 Å². The molecule has 1 aliphatic heterocycles. The standard InChI is InChI=1S/C18H18F3N3O2/c19-18(20,21)13-5-8-22-16(11-13)24-9-6-12(7-10-24)17(26)23-14-3-1-2-4-15(14)25/h1-5,8,11-12,25H,6-7,9-10H2,(H,23,26). The zero-order valence-corrected chi connectivity index (χ0v) is 13.8. The lowest BCUT2D eigenvalue weighted by molar-refractivity contribution is -0.137. The first-order chi connectivity index (χ1) is 12.3. The Morgan fingerprint density at radius 3 is 2.54 bits per heavy atom. The zero-order chi connectivity index (χ0) is 18.7. The molecule has 2 N–H and O–H groups in total. The Morgan fingerprint density at radius 1 is 1.19 bits per heavy atom. The van der Waals surface area contributed by atoms with Crippen molar-refractivity contribution >= 4 is 17.4 Å². The van der Waals surface area contributed by atoms with Gasteiger partial charge in [-0.25, -0.2) is 4.98 Å². The predicted molar refractivity (Wildman–Crippen MR) is 90.9 cm³/mol. The number of benzene rings is 1. The van der Waals surface area contributed by atoms with Gasteiger partial charge < -0.3 is 15.3 Å². The number of nitrogens with zero attached hydrogens (tertiary/aromatic N) is 2. The fourth-order valence-electron chi connectivity index (χ4n) is 2.95. The molecule has 1 aliphatic rings. The van der Waals surface area contributed by atoms with E-state index in [1.54, 1.807) is 23.1 Å². The van der Waals surface area contributed by atoms with Crippen molar-refractivity contribution in [2.24, 2.45) is 5.92 Å². The topological polar surface area (TPSA) is 65.5 Å². The maximum absolute atomic E-state index is 12.8. The third kappa shape index (κ3) is 4.07. The van der Waals surface area contributed by atoms with E-state index in [4.69, 9.17) is 0 Å². The van der Waals surface area contributed by atoms with Crippen LogP contribution in [0.5, 0.6) is 5.75 Å². The highest BCUT2D eigenvalue weighted by Crippen LogP contribution is 2.32. The Kier molecular flexibility index (Phi) is 5.01. The van der Waals surface area contributed by atoms with E-state index in [1.807, 2.05) is 0 Å². The number of carbonyl (C=O) groups is 1. The summed E-state index contributed by atoms with van der Waals surface area (Å²) in [4.78, 5) is 18.1. The number of alkyl halides is 3. The van der Waals surface area contributed by atoms with Crippen LogP contribution in [0.3, 0.4) is 0 Å². The van der Waals surface area contributed by atoms with Crippen LogP contribution in [-0.4, -0.2) is 29.1 Å². The summed E-state index contributed by atoms with van der Waals surface area (Å²) >= 11 is 0. The summed E-state index contributed by atoms with van der Waals surface area (Å²) < 4.78 is 38.5. The lowest BCUT2D eigenvalue weighted by Gasteiger charge is -2.32. The first-order valence-corrected chi connectivity index (χ1v) is 8.21. The lowest BCUT2D eigenvalue weighted by Crippen LogP contribution is -2.38. The van der Waals surface area contributed by atoms with Gasteiger partial charge >= 0.3 is 6.18 Å². The molecule has 0 spiro atoms. The molecule has 1 fully saturated rings. The van der Waals surface area contributed by atoms with Crippen molar-refractivity contribution in [1.29, 1.82) is 0 Å². The van der Waals surface area contributed by atoms with Gasteiger partial charge in [-0.15, -0.1) is 0 Å². The van der Waals surface area contributed by atoms with Gasteiger partial charge in [0.1, 0.15) is 11.6 Å². The highest BCUT2D eigenvalue weighted by Gasteiger charge is 2.32. The number of nitrogens with one attached hydrogen (secondary N) is 1. The molecule has 1 aromatic heterocycles. The van der Waals surface area contributed by atoms with Crippen molar-refractivity contribution in [3.05, 3.63) is 48.2 Å². The highest BCUT2D eigenvalue weighted by atomic mass is 19.4. The number of piperidine rings is 1. The van der Waals surface area contributed by atoms with Crippen LogP contribution < -0.4 is 10.2 Å². The van der Waals surface area contributed by atoms with Gasteiger partial charge in [0.05, 0.1) is 11.3 Å². The number of carbonyl (C=O) groups excluding carboxylic acids is 1. The predicted octanol–water partition coefficient (Wildman–Crippen LogP) is 3.66. The molecule has 26 heavy (non-hydrogen) atoms. The Morgan fingerprint density at radius 2 is 1.88 bits per heavy atom. The van der Waals surface area contributed by atoms with Gasteiger partial charge in [0.2, 0.25) is 5.91 Å². The van der Waals surface area contributed by atoms with E-state index >= 15 is 0 Å². The van der Waals surface area contributed by atoms with Crippen LogP contribution >= 0.6 is 0 Å². The maximum Gasteiger partial charge on any atom is 0.416 e. The first kappa shape index (κ1) is 18.0. The number of hydrogen-bond donors (Lipinski definition) is 2. The molecule has 0 bridgehead atoms. The minimum Gasteiger partial charge on any atom is -0.506 e. The van der Waals surface area contributed by atoms with Crippen LogP contribution in [-0.2, 0) is 11.0 Å². The summed E-state index contributed by atoms with van der Waals surface area (Å²) in [5.74, 6) is -0.217.